The molecular formula is C14H9ClF3IO. The van der Waals surface area contributed by atoms with Gasteiger partial charge in [0.1, 0.15) is 11.5 Å². The molecule has 6 heteroatoms. The fourth-order valence-corrected chi connectivity index (χ4v) is 2.38. The molecule has 0 N–H and O–H groups in total. The quantitative estimate of drug-likeness (QED) is 0.454. The van der Waals surface area contributed by atoms with Crippen LogP contribution in [-0.4, -0.2) is 0 Å². The van der Waals surface area contributed by atoms with E-state index in [1.54, 1.807) is 12.1 Å². The first-order valence-electron chi connectivity index (χ1n) is 5.60. The Bertz CT molecular complexity index is 614. The van der Waals surface area contributed by atoms with Crippen LogP contribution in [0.3, 0.4) is 0 Å². The van der Waals surface area contributed by atoms with Crippen molar-refractivity contribution in [3.63, 3.8) is 0 Å². The third kappa shape index (κ3) is 3.58. The monoisotopic (exact) mass is 412 g/mol. The van der Waals surface area contributed by atoms with E-state index in [0.717, 1.165) is 9.64 Å². The second kappa shape index (κ2) is 6.22. The first-order chi connectivity index (χ1) is 9.41. The highest BCUT2D eigenvalue weighted by Gasteiger charge is 2.33. The molecule has 0 atom stereocenters. The largest absolute Gasteiger partial charge is 0.456 e. The molecule has 0 heterocycles. The van der Waals surface area contributed by atoms with Gasteiger partial charge < -0.3 is 4.74 Å². The Morgan fingerprint density at radius 3 is 2.40 bits per heavy atom. The zero-order chi connectivity index (χ0) is 14.8. The van der Waals surface area contributed by atoms with Gasteiger partial charge >= 0.3 is 6.18 Å². The predicted octanol–water partition coefficient (Wildman–Crippen LogP) is 5.84. The van der Waals surface area contributed by atoms with Crippen molar-refractivity contribution in [2.24, 2.45) is 0 Å². The average Bonchev–Trinajstić information content (AvgIpc) is 2.40. The van der Waals surface area contributed by atoms with Crippen molar-refractivity contribution in [3.8, 4) is 11.5 Å². The van der Waals surface area contributed by atoms with E-state index in [1.165, 1.54) is 12.1 Å². The number of halogens is 5. The molecule has 0 fully saturated rings. The fraction of sp³-hybridized carbons (Fsp3) is 0.143. The maximum atomic E-state index is 12.9. The van der Waals surface area contributed by atoms with E-state index < -0.39 is 11.7 Å². The van der Waals surface area contributed by atoms with Crippen molar-refractivity contribution in [2.75, 3.05) is 0 Å². The lowest BCUT2D eigenvalue weighted by Gasteiger charge is -2.14. The number of para-hydroxylation sites is 1. The molecule has 0 aliphatic rings. The summed E-state index contributed by atoms with van der Waals surface area (Å²) in [5.41, 5.74) is -0.731. The van der Waals surface area contributed by atoms with Crippen molar-refractivity contribution >= 4 is 34.2 Å². The highest BCUT2D eigenvalue weighted by Crippen LogP contribution is 2.36. The summed E-state index contributed by atoms with van der Waals surface area (Å²) in [6.45, 7) is 0. The smallest absolute Gasteiger partial charge is 0.416 e. The Kier molecular flexibility index (Phi) is 4.80. The topological polar surface area (TPSA) is 9.23 Å². The number of hydrogen-bond acceptors (Lipinski definition) is 1. The summed E-state index contributed by atoms with van der Waals surface area (Å²) < 4.78 is 45.1. The van der Waals surface area contributed by atoms with Gasteiger partial charge in [-0.2, -0.15) is 13.2 Å². The summed E-state index contributed by atoms with van der Waals surface area (Å²) in [5, 5.41) is 0. The lowest BCUT2D eigenvalue weighted by molar-refractivity contribution is -0.138. The average molecular weight is 413 g/mol. The molecular weight excluding hydrogens is 404 g/mol. The van der Waals surface area contributed by atoms with Gasteiger partial charge in [-0.25, -0.2) is 0 Å². The molecule has 0 saturated carbocycles. The molecule has 106 valence electrons. The third-order valence-corrected chi connectivity index (χ3v) is 3.77. The molecule has 0 aliphatic carbocycles. The summed E-state index contributed by atoms with van der Waals surface area (Å²) in [6, 6.07) is 10.9. The Labute approximate surface area is 132 Å². The van der Waals surface area contributed by atoms with Crippen LogP contribution in [0.5, 0.6) is 11.5 Å². The molecule has 0 amide bonds. The van der Waals surface area contributed by atoms with Crippen LogP contribution in [0.25, 0.3) is 0 Å². The Hall–Kier alpha value is -0.950. The van der Waals surface area contributed by atoms with Crippen molar-refractivity contribution in [1.29, 1.82) is 0 Å². The normalized spacial score (nSPS) is 11.4. The lowest BCUT2D eigenvalue weighted by atomic mass is 10.1. The minimum absolute atomic E-state index is 0.0364. The van der Waals surface area contributed by atoms with E-state index in [1.807, 2.05) is 12.1 Å². The van der Waals surface area contributed by atoms with Gasteiger partial charge in [0, 0.05) is 5.88 Å². The Morgan fingerprint density at radius 2 is 1.80 bits per heavy atom. The SMILES string of the molecule is FC(F)(F)c1cc(Oc2ccccc2I)ccc1CCl. The molecule has 2 aromatic carbocycles. The summed E-state index contributed by atoms with van der Waals surface area (Å²) in [4.78, 5) is 0. The number of alkyl halides is 4. The van der Waals surface area contributed by atoms with Gasteiger partial charge in [0.25, 0.3) is 0 Å². The van der Waals surface area contributed by atoms with Crippen LogP contribution in [0.1, 0.15) is 11.1 Å². The van der Waals surface area contributed by atoms with Crippen molar-refractivity contribution in [3.05, 3.63) is 57.2 Å². The van der Waals surface area contributed by atoms with Crippen molar-refractivity contribution in [1.82, 2.24) is 0 Å². The van der Waals surface area contributed by atoms with Gasteiger partial charge in [-0.15, -0.1) is 11.6 Å². The van der Waals surface area contributed by atoms with E-state index in [9.17, 15) is 13.2 Å². The van der Waals surface area contributed by atoms with Crippen molar-refractivity contribution < 1.29 is 17.9 Å². The molecule has 0 unspecified atom stereocenters. The van der Waals surface area contributed by atoms with Gasteiger partial charge in [-0.3, -0.25) is 0 Å². The van der Waals surface area contributed by atoms with Crippen LogP contribution >= 0.6 is 34.2 Å². The first-order valence-corrected chi connectivity index (χ1v) is 7.21. The van der Waals surface area contributed by atoms with Gasteiger partial charge in [0.05, 0.1) is 9.13 Å². The lowest BCUT2D eigenvalue weighted by Crippen LogP contribution is -2.08. The second-order valence-corrected chi connectivity index (χ2v) is 5.41. The van der Waals surface area contributed by atoms with Gasteiger partial charge in [0.2, 0.25) is 0 Å². The van der Waals surface area contributed by atoms with E-state index in [-0.39, 0.29) is 17.2 Å². The molecule has 2 rings (SSSR count). The molecule has 20 heavy (non-hydrogen) atoms. The number of rotatable bonds is 3. The van der Waals surface area contributed by atoms with Crippen molar-refractivity contribution in [2.45, 2.75) is 12.1 Å². The molecule has 0 aromatic heterocycles. The van der Waals surface area contributed by atoms with E-state index >= 15 is 0 Å². The fourth-order valence-electron chi connectivity index (χ4n) is 1.65. The molecule has 0 aliphatic heterocycles. The van der Waals surface area contributed by atoms with Crippen LogP contribution in [0.2, 0.25) is 0 Å². The summed E-state index contributed by atoms with van der Waals surface area (Å²) in [6.07, 6.45) is -4.45. The zero-order valence-electron chi connectivity index (χ0n) is 10.0. The minimum atomic E-state index is -4.45. The number of benzene rings is 2. The van der Waals surface area contributed by atoms with Crippen LogP contribution in [-0.2, 0) is 12.1 Å². The summed E-state index contributed by atoms with van der Waals surface area (Å²) >= 11 is 7.59. The molecule has 0 saturated heterocycles. The predicted molar refractivity (Wildman–Crippen MR) is 80.2 cm³/mol. The first kappa shape index (κ1) is 15.4. The van der Waals surface area contributed by atoms with Gasteiger partial charge in [-0.05, 0) is 52.4 Å². The third-order valence-electron chi connectivity index (χ3n) is 2.60. The maximum absolute atomic E-state index is 12.9. The van der Waals surface area contributed by atoms with Gasteiger partial charge in [-0.1, -0.05) is 18.2 Å². The maximum Gasteiger partial charge on any atom is 0.416 e. The van der Waals surface area contributed by atoms with E-state index in [4.69, 9.17) is 16.3 Å². The highest BCUT2D eigenvalue weighted by molar-refractivity contribution is 14.1. The number of hydrogen-bond donors (Lipinski definition) is 0. The Morgan fingerprint density at radius 1 is 1.10 bits per heavy atom. The van der Waals surface area contributed by atoms with Crippen LogP contribution in [0.15, 0.2) is 42.5 Å². The van der Waals surface area contributed by atoms with Gasteiger partial charge in [0.15, 0.2) is 0 Å². The highest BCUT2D eigenvalue weighted by atomic mass is 127. The standard InChI is InChI=1S/C14H9ClF3IO/c15-8-9-5-6-10(7-11(9)14(16,17)18)20-13-4-2-1-3-12(13)19/h1-7H,8H2. The van der Waals surface area contributed by atoms with Crippen LogP contribution < -0.4 is 4.74 Å². The van der Waals surface area contributed by atoms with Crippen LogP contribution in [0, 0.1) is 3.57 Å². The summed E-state index contributed by atoms with van der Waals surface area (Å²) in [7, 11) is 0. The molecule has 1 nitrogen and oxygen atoms in total. The molecule has 2 aromatic rings. The Balaban J connectivity index is 2.37. The number of ether oxygens (including phenoxy) is 1. The van der Waals surface area contributed by atoms with Crippen LogP contribution in [0.4, 0.5) is 13.2 Å². The molecule has 0 radical (unpaired) electrons. The van der Waals surface area contributed by atoms with E-state index in [2.05, 4.69) is 22.6 Å². The molecule has 0 spiro atoms. The summed E-state index contributed by atoms with van der Waals surface area (Å²) in [5.74, 6) is 0.452. The zero-order valence-corrected chi connectivity index (χ0v) is 13.0. The second-order valence-electron chi connectivity index (χ2n) is 3.98. The van der Waals surface area contributed by atoms with E-state index in [0.29, 0.717) is 5.75 Å². The minimum Gasteiger partial charge on any atom is -0.456 e. The molecule has 0 bridgehead atoms.